The first-order valence-electron chi connectivity index (χ1n) is 11.8. The van der Waals surface area contributed by atoms with E-state index < -0.39 is 29.5 Å². The number of pyridine rings is 1. The van der Waals surface area contributed by atoms with Crippen LogP contribution in [0.15, 0.2) is 60.3 Å². The Hall–Kier alpha value is -4.08. The van der Waals surface area contributed by atoms with Crippen LogP contribution in [0.25, 0.3) is 5.76 Å². The number of Topliss-reactive ketones (excluding diaryl/α,β-unsaturated/α-hetero) is 1. The number of amides is 1. The molecule has 11 heteroatoms. The molecule has 202 valence electrons. The monoisotopic (exact) mass is 570 g/mol. The van der Waals surface area contributed by atoms with Gasteiger partial charge in [0.05, 0.1) is 48.2 Å². The summed E-state index contributed by atoms with van der Waals surface area (Å²) in [6, 6.07) is 11.8. The number of methoxy groups -OCH3 is 2. The molecule has 1 N–H and O–H groups in total. The van der Waals surface area contributed by atoms with Crippen LogP contribution in [0.4, 0.5) is 0 Å². The molecule has 0 aliphatic carbocycles. The number of carbonyl (C=O) groups excluding carboxylic acids is 3. The molecule has 1 unspecified atom stereocenters. The summed E-state index contributed by atoms with van der Waals surface area (Å²) in [5, 5.41) is 11.5. The zero-order valence-corrected chi connectivity index (χ0v) is 22.7. The van der Waals surface area contributed by atoms with Crippen molar-refractivity contribution in [3.8, 4) is 11.5 Å². The average Bonchev–Trinajstić information content (AvgIpc) is 3.18. The molecule has 9 nitrogen and oxygen atoms in total. The minimum atomic E-state index is -1.04. The Balaban J connectivity index is 1.83. The van der Waals surface area contributed by atoms with Crippen molar-refractivity contribution in [3.05, 3.63) is 92.7 Å². The molecule has 39 heavy (non-hydrogen) atoms. The number of nitrogens with zero attached hydrogens (tertiary/aromatic N) is 2. The summed E-state index contributed by atoms with van der Waals surface area (Å²) in [6.45, 7) is 1.95. The van der Waals surface area contributed by atoms with Crippen LogP contribution in [0.3, 0.4) is 0 Å². The van der Waals surface area contributed by atoms with Crippen LogP contribution >= 0.6 is 23.2 Å². The van der Waals surface area contributed by atoms with E-state index in [0.29, 0.717) is 16.8 Å². The van der Waals surface area contributed by atoms with E-state index in [9.17, 15) is 19.5 Å². The van der Waals surface area contributed by atoms with E-state index >= 15 is 0 Å². The third kappa shape index (κ3) is 5.28. The minimum Gasteiger partial charge on any atom is -0.507 e. The Morgan fingerprint density at radius 2 is 1.74 bits per heavy atom. The molecule has 4 rings (SSSR count). The van der Waals surface area contributed by atoms with Crippen LogP contribution in [0.2, 0.25) is 10.0 Å². The van der Waals surface area contributed by atoms with Crippen LogP contribution in [0, 0.1) is 0 Å². The fourth-order valence-corrected chi connectivity index (χ4v) is 5.02. The van der Waals surface area contributed by atoms with E-state index in [1.54, 1.807) is 49.4 Å². The molecule has 0 saturated carbocycles. The molecule has 1 aliphatic heterocycles. The summed E-state index contributed by atoms with van der Waals surface area (Å²) in [7, 11) is 2.71. The number of hydrogen-bond acceptors (Lipinski definition) is 8. The maximum atomic E-state index is 13.4. The molecule has 3 aromatic rings. The van der Waals surface area contributed by atoms with Crippen molar-refractivity contribution >= 4 is 46.6 Å². The van der Waals surface area contributed by atoms with Gasteiger partial charge in [-0.1, -0.05) is 41.4 Å². The number of halogens is 2. The Morgan fingerprint density at radius 1 is 1.05 bits per heavy atom. The summed E-state index contributed by atoms with van der Waals surface area (Å²) in [6.07, 6.45) is 1.52. The van der Waals surface area contributed by atoms with Crippen molar-refractivity contribution < 1.29 is 33.7 Å². The zero-order valence-electron chi connectivity index (χ0n) is 21.2. The number of esters is 1. The quantitative estimate of drug-likeness (QED) is 0.170. The van der Waals surface area contributed by atoms with E-state index in [4.69, 9.17) is 37.4 Å². The number of aliphatic hydroxyl groups excluding tert-OH is 1. The second-order valence-electron chi connectivity index (χ2n) is 8.39. The van der Waals surface area contributed by atoms with Crippen LogP contribution in [0.1, 0.15) is 40.1 Å². The molecular formula is C28H24Cl2N2O7. The molecule has 1 saturated heterocycles. The second-order valence-corrected chi connectivity index (χ2v) is 9.17. The van der Waals surface area contributed by atoms with Gasteiger partial charge in [-0.05, 0) is 42.8 Å². The Morgan fingerprint density at radius 3 is 2.33 bits per heavy atom. The molecule has 1 fully saturated rings. The first-order chi connectivity index (χ1) is 18.7. The minimum absolute atomic E-state index is 0.00557. The molecule has 0 bridgehead atoms. The van der Waals surface area contributed by atoms with Gasteiger partial charge >= 0.3 is 5.97 Å². The molecule has 1 atom stereocenters. The standard InChI is InChI=1S/C28H24Cl2N2O7/c1-4-39-28(36)16-10-8-15(9-11-16)14-32-22(19-7-5-6-12-31-19)20(24(34)27(32)35)23(33)17-13-18(29)26(38-3)21(30)25(17)37-2/h5-13,22,33H,4,14H2,1-3H3/b23-20+. The van der Waals surface area contributed by atoms with Gasteiger partial charge < -0.3 is 24.2 Å². The SMILES string of the molecule is CCOC(=O)c1ccc(CN2C(=O)C(=O)/C(=C(/O)c3cc(Cl)c(OC)c(Cl)c3OC)C2c2ccccn2)cc1. The highest BCUT2D eigenvalue weighted by atomic mass is 35.5. The van der Waals surface area contributed by atoms with Gasteiger partial charge in [-0.3, -0.25) is 14.6 Å². The lowest BCUT2D eigenvalue weighted by Gasteiger charge is -2.25. The lowest BCUT2D eigenvalue weighted by molar-refractivity contribution is -0.140. The summed E-state index contributed by atoms with van der Waals surface area (Å²) < 4.78 is 15.6. The van der Waals surface area contributed by atoms with E-state index in [1.165, 1.54) is 31.4 Å². The molecule has 0 radical (unpaired) electrons. The Labute approximate surface area is 234 Å². The molecular weight excluding hydrogens is 547 g/mol. The molecule has 2 aromatic carbocycles. The third-order valence-electron chi connectivity index (χ3n) is 6.12. The first-order valence-corrected chi connectivity index (χ1v) is 12.5. The number of likely N-dealkylation sites (tertiary alicyclic amines) is 1. The summed E-state index contributed by atoms with van der Waals surface area (Å²) in [5.41, 5.74) is 1.14. The molecule has 1 aromatic heterocycles. The fraction of sp³-hybridized carbons (Fsp3) is 0.214. The Kier molecular flexibility index (Phi) is 8.42. The lowest BCUT2D eigenvalue weighted by atomic mass is 9.97. The van der Waals surface area contributed by atoms with Crippen LogP contribution in [-0.2, 0) is 20.9 Å². The highest BCUT2D eigenvalue weighted by Crippen LogP contribution is 2.47. The number of benzene rings is 2. The van der Waals surface area contributed by atoms with E-state index in [1.807, 2.05) is 0 Å². The number of hydrogen-bond donors (Lipinski definition) is 1. The summed E-state index contributed by atoms with van der Waals surface area (Å²) in [4.78, 5) is 44.4. The normalized spacial score (nSPS) is 16.3. The number of aromatic nitrogens is 1. The van der Waals surface area contributed by atoms with Gasteiger partial charge in [0.25, 0.3) is 11.7 Å². The average molecular weight is 571 g/mol. The number of ketones is 1. The largest absolute Gasteiger partial charge is 0.507 e. The van der Waals surface area contributed by atoms with Crippen molar-refractivity contribution in [2.45, 2.75) is 19.5 Å². The molecule has 0 spiro atoms. The zero-order chi connectivity index (χ0) is 28.3. The maximum Gasteiger partial charge on any atom is 0.338 e. The number of carbonyl (C=O) groups is 3. The fourth-order valence-electron chi connectivity index (χ4n) is 4.34. The van der Waals surface area contributed by atoms with Gasteiger partial charge in [-0.25, -0.2) is 4.79 Å². The maximum absolute atomic E-state index is 13.4. The molecule has 1 aliphatic rings. The Bertz CT molecular complexity index is 1460. The lowest BCUT2D eigenvalue weighted by Crippen LogP contribution is -2.29. The highest BCUT2D eigenvalue weighted by molar-refractivity contribution is 6.46. The summed E-state index contributed by atoms with van der Waals surface area (Å²) >= 11 is 12.7. The van der Waals surface area contributed by atoms with Gasteiger partial charge in [0.2, 0.25) is 0 Å². The topological polar surface area (TPSA) is 115 Å². The smallest absolute Gasteiger partial charge is 0.338 e. The van der Waals surface area contributed by atoms with Gasteiger partial charge in [0, 0.05) is 12.7 Å². The predicted octanol–water partition coefficient (Wildman–Crippen LogP) is 5.20. The van der Waals surface area contributed by atoms with Crippen molar-refractivity contribution in [2.75, 3.05) is 20.8 Å². The highest BCUT2D eigenvalue weighted by Gasteiger charge is 2.47. The van der Waals surface area contributed by atoms with Crippen molar-refractivity contribution in [1.29, 1.82) is 0 Å². The van der Waals surface area contributed by atoms with Gasteiger partial charge in [-0.15, -0.1) is 0 Å². The van der Waals surface area contributed by atoms with Crippen molar-refractivity contribution in [1.82, 2.24) is 9.88 Å². The van der Waals surface area contributed by atoms with E-state index in [2.05, 4.69) is 4.98 Å². The van der Waals surface area contributed by atoms with E-state index in [-0.39, 0.29) is 45.8 Å². The first kappa shape index (κ1) is 27.9. The summed E-state index contributed by atoms with van der Waals surface area (Å²) in [5.74, 6) is -2.63. The van der Waals surface area contributed by atoms with Crippen LogP contribution in [0.5, 0.6) is 11.5 Å². The van der Waals surface area contributed by atoms with Gasteiger partial charge in [0.1, 0.15) is 16.8 Å². The van der Waals surface area contributed by atoms with Gasteiger partial charge in [-0.2, -0.15) is 0 Å². The number of ether oxygens (including phenoxy) is 3. The molecule has 1 amide bonds. The number of rotatable bonds is 8. The van der Waals surface area contributed by atoms with Crippen LogP contribution < -0.4 is 9.47 Å². The molecule has 2 heterocycles. The van der Waals surface area contributed by atoms with Crippen molar-refractivity contribution in [3.63, 3.8) is 0 Å². The second kappa shape index (κ2) is 11.8. The van der Waals surface area contributed by atoms with Crippen molar-refractivity contribution in [2.24, 2.45) is 0 Å². The third-order valence-corrected chi connectivity index (χ3v) is 6.74. The van der Waals surface area contributed by atoms with Gasteiger partial charge in [0.15, 0.2) is 11.5 Å². The van der Waals surface area contributed by atoms with E-state index in [0.717, 1.165) is 0 Å². The van der Waals surface area contributed by atoms with Crippen LogP contribution in [-0.4, -0.2) is 53.5 Å². The predicted molar refractivity (Wildman–Crippen MR) is 144 cm³/mol. The number of aliphatic hydroxyl groups is 1.